The second-order valence-electron chi connectivity index (χ2n) is 3.93. The highest BCUT2D eigenvalue weighted by Gasteiger charge is 2.10. The van der Waals surface area contributed by atoms with Gasteiger partial charge in [-0.25, -0.2) is 0 Å². The van der Waals surface area contributed by atoms with Gasteiger partial charge in [-0.2, -0.15) is 0 Å². The largest absolute Gasteiger partial charge is 0.305 e. The molecule has 0 heterocycles. The van der Waals surface area contributed by atoms with Crippen molar-refractivity contribution in [1.82, 2.24) is 5.32 Å². The molecule has 0 spiro atoms. The van der Waals surface area contributed by atoms with E-state index >= 15 is 0 Å². The molecule has 1 aromatic carbocycles. The molecule has 0 fully saturated rings. The van der Waals surface area contributed by atoms with Gasteiger partial charge in [-0.15, -0.1) is 11.8 Å². The Hall–Kier alpha value is -0.470. The number of hydrogen-bond acceptors (Lipinski definition) is 2. The molecule has 84 valence electrons. The SMILES string of the molecule is CCC(C)CSC(NC)c1ccccc1. The van der Waals surface area contributed by atoms with Gasteiger partial charge in [-0.05, 0) is 24.3 Å². The molecular weight excluding hydrogens is 202 g/mol. The van der Waals surface area contributed by atoms with E-state index in [2.05, 4.69) is 49.5 Å². The van der Waals surface area contributed by atoms with Gasteiger partial charge in [-0.1, -0.05) is 50.6 Å². The molecule has 2 atom stereocenters. The Morgan fingerprint density at radius 2 is 1.93 bits per heavy atom. The fraction of sp³-hybridized carbons (Fsp3) is 0.538. The molecule has 0 bridgehead atoms. The summed E-state index contributed by atoms with van der Waals surface area (Å²) in [5.74, 6) is 2.02. The summed E-state index contributed by atoms with van der Waals surface area (Å²) in [4.78, 5) is 0. The van der Waals surface area contributed by atoms with E-state index < -0.39 is 0 Å². The predicted molar refractivity (Wildman–Crippen MR) is 70.2 cm³/mol. The van der Waals surface area contributed by atoms with Crippen LogP contribution in [0.25, 0.3) is 0 Å². The Morgan fingerprint density at radius 3 is 2.47 bits per heavy atom. The van der Waals surface area contributed by atoms with E-state index in [-0.39, 0.29) is 0 Å². The van der Waals surface area contributed by atoms with Gasteiger partial charge < -0.3 is 5.32 Å². The van der Waals surface area contributed by atoms with E-state index in [0.717, 1.165) is 5.92 Å². The molecule has 1 N–H and O–H groups in total. The maximum absolute atomic E-state index is 3.36. The fourth-order valence-corrected chi connectivity index (χ4v) is 2.63. The van der Waals surface area contributed by atoms with Gasteiger partial charge >= 0.3 is 0 Å². The zero-order chi connectivity index (χ0) is 11.1. The molecule has 2 unspecified atom stereocenters. The maximum Gasteiger partial charge on any atom is 0.0787 e. The van der Waals surface area contributed by atoms with Crippen LogP contribution in [0.15, 0.2) is 30.3 Å². The zero-order valence-corrected chi connectivity index (χ0v) is 10.7. The van der Waals surface area contributed by atoms with E-state index in [1.54, 1.807) is 0 Å². The highest BCUT2D eigenvalue weighted by atomic mass is 32.2. The first-order chi connectivity index (χ1) is 7.27. The molecule has 0 aliphatic heterocycles. The fourth-order valence-electron chi connectivity index (χ4n) is 1.35. The lowest BCUT2D eigenvalue weighted by Gasteiger charge is -2.18. The number of hydrogen-bond donors (Lipinski definition) is 1. The Morgan fingerprint density at radius 1 is 1.27 bits per heavy atom. The van der Waals surface area contributed by atoms with Crippen molar-refractivity contribution in [1.29, 1.82) is 0 Å². The van der Waals surface area contributed by atoms with Gasteiger partial charge in [0.05, 0.1) is 5.37 Å². The first-order valence-corrected chi connectivity index (χ1v) is 6.66. The van der Waals surface area contributed by atoms with Crippen LogP contribution in [-0.4, -0.2) is 12.8 Å². The third kappa shape index (κ3) is 4.27. The molecule has 15 heavy (non-hydrogen) atoms. The summed E-state index contributed by atoms with van der Waals surface area (Å²) >= 11 is 2.00. The standard InChI is InChI=1S/C13H21NS/c1-4-11(2)10-15-13(14-3)12-8-6-5-7-9-12/h5-9,11,13-14H,4,10H2,1-3H3. The van der Waals surface area contributed by atoms with Crippen LogP contribution in [-0.2, 0) is 0 Å². The highest BCUT2D eigenvalue weighted by molar-refractivity contribution is 7.99. The molecular formula is C13H21NS. The monoisotopic (exact) mass is 223 g/mol. The second-order valence-corrected chi connectivity index (χ2v) is 5.06. The maximum atomic E-state index is 3.36. The third-order valence-corrected chi connectivity index (χ3v) is 4.21. The van der Waals surface area contributed by atoms with Crippen molar-refractivity contribution in [3.63, 3.8) is 0 Å². The van der Waals surface area contributed by atoms with E-state index in [4.69, 9.17) is 0 Å². The summed E-state index contributed by atoms with van der Waals surface area (Å²) in [6, 6.07) is 10.6. The lowest BCUT2D eigenvalue weighted by atomic mass is 10.2. The first kappa shape index (κ1) is 12.6. The molecule has 0 aliphatic rings. The summed E-state index contributed by atoms with van der Waals surface area (Å²) in [6.45, 7) is 4.56. The van der Waals surface area contributed by atoms with Crippen molar-refractivity contribution < 1.29 is 0 Å². The van der Waals surface area contributed by atoms with Crippen molar-refractivity contribution in [2.75, 3.05) is 12.8 Å². The summed E-state index contributed by atoms with van der Waals surface area (Å²) in [5, 5.41) is 3.79. The van der Waals surface area contributed by atoms with Gasteiger partial charge in [0.25, 0.3) is 0 Å². The minimum atomic E-state index is 0.431. The molecule has 0 aromatic heterocycles. The zero-order valence-electron chi connectivity index (χ0n) is 9.86. The summed E-state index contributed by atoms with van der Waals surface area (Å²) in [5.41, 5.74) is 1.37. The molecule has 0 saturated carbocycles. The Labute approximate surface area is 97.7 Å². The van der Waals surface area contributed by atoms with E-state index in [0.29, 0.717) is 5.37 Å². The van der Waals surface area contributed by atoms with Crippen LogP contribution in [0, 0.1) is 5.92 Å². The number of benzene rings is 1. The highest BCUT2D eigenvalue weighted by Crippen LogP contribution is 2.27. The average molecular weight is 223 g/mol. The van der Waals surface area contributed by atoms with Crippen LogP contribution >= 0.6 is 11.8 Å². The number of thioether (sulfide) groups is 1. The summed E-state index contributed by atoms with van der Waals surface area (Å²) in [6.07, 6.45) is 1.26. The van der Waals surface area contributed by atoms with Crippen LogP contribution < -0.4 is 5.32 Å². The van der Waals surface area contributed by atoms with Gasteiger partial charge in [0, 0.05) is 0 Å². The van der Waals surface area contributed by atoms with Crippen LogP contribution in [0.3, 0.4) is 0 Å². The van der Waals surface area contributed by atoms with Crippen molar-refractivity contribution in [2.24, 2.45) is 5.92 Å². The molecule has 2 heteroatoms. The lowest BCUT2D eigenvalue weighted by molar-refractivity contribution is 0.633. The predicted octanol–water partition coefficient (Wildman–Crippen LogP) is 3.68. The molecule has 0 aliphatic carbocycles. The van der Waals surface area contributed by atoms with Crippen LogP contribution in [0.1, 0.15) is 31.2 Å². The Balaban J connectivity index is 2.50. The second kappa shape index (κ2) is 6.91. The van der Waals surface area contributed by atoms with E-state index in [9.17, 15) is 0 Å². The summed E-state index contributed by atoms with van der Waals surface area (Å²) < 4.78 is 0. The Kier molecular flexibility index (Phi) is 5.81. The van der Waals surface area contributed by atoms with Crippen molar-refractivity contribution in [3.8, 4) is 0 Å². The molecule has 1 nitrogen and oxygen atoms in total. The van der Waals surface area contributed by atoms with Gasteiger partial charge in [0.2, 0.25) is 0 Å². The summed E-state index contributed by atoms with van der Waals surface area (Å²) in [7, 11) is 2.03. The molecule has 1 rings (SSSR count). The van der Waals surface area contributed by atoms with Gasteiger partial charge in [0.1, 0.15) is 0 Å². The van der Waals surface area contributed by atoms with Crippen molar-refractivity contribution in [2.45, 2.75) is 25.6 Å². The molecule has 0 radical (unpaired) electrons. The molecule has 0 saturated heterocycles. The van der Waals surface area contributed by atoms with Crippen LogP contribution in [0.5, 0.6) is 0 Å². The molecule has 0 amide bonds. The van der Waals surface area contributed by atoms with Crippen LogP contribution in [0.2, 0.25) is 0 Å². The molecule has 1 aromatic rings. The smallest absolute Gasteiger partial charge is 0.0787 e. The number of rotatable bonds is 6. The quantitative estimate of drug-likeness (QED) is 0.738. The minimum Gasteiger partial charge on any atom is -0.305 e. The van der Waals surface area contributed by atoms with Crippen molar-refractivity contribution >= 4 is 11.8 Å². The first-order valence-electron chi connectivity index (χ1n) is 5.61. The average Bonchev–Trinajstić information content (AvgIpc) is 2.31. The Bertz CT molecular complexity index is 260. The number of nitrogens with one attached hydrogen (secondary N) is 1. The normalized spacial score (nSPS) is 14.9. The third-order valence-electron chi connectivity index (χ3n) is 2.61. The van der Waals surface area contributed by atoms with Crippen molar-refractivity contribution in [3.05, 3.63) is 35.9 Å². The van der Waals surface area contributed by atoms with Gasteiger partial charge in [-0.3, -0.25) is 0 Å². The van der Waals surface area contributed by atoms with E-state index in [1.807, 2.05) is 18.8 Å². The topological polar surface area (TPSA) is 12.0 Å². The van der Waals surface area contributed by atoms with E-state index in [1.165, 1.54) is 17.7 Å². The lowest BCUT2D eigenvalue weighted by Crippen LogP contribution is -2.14. The minimum absolute atomic E-state index is 0.431. The van der Waals surface area contributed by atoms with Gasteiger partial charge in [0.15, 0.2) is 0 Å². The van der Waals surface area contributed by atoms with Crippen LogP contribution in [0.4, 0.5) is 0 Å².